The standard InChI is InChI=1S/C14H30N2.ClH/c1-11(2)7-15-14(5)10-16-8-12(3)6-13(4)9-16;/h11-15H,6-10H2,1-5H3;1H. The van der Waals surface area contributed by atoms with E-state index >= 15 is 0 Å². The van der Waals surface area contributed by atoms with E-state index in [0.717, 1.165) is 24.3 Å². The van der Waals surface area contributed by atoms with Crippen LogP contribution < -0.4 is 5.32 Å². The van der Waals surface area contributed by atoms with Crippen LogP contribution in [0.4, 0.5) is 0 Å². The summed E-state index contributed by atoms with van der Waals surface area (Å²) in [6, 6.07) is 0.625. The summed E-state index contributed by atoms with van der Waals surface area (Å²) in [7, 11) is 0. The van der Waals surface area contributed by atoms with Crippen LogP contribution in [-0.2, 0) is 0 Å². The third-order valence-electron chi connectivity index (χ3n) is 3.35. The molecule has 3 unspecified atom stereocenters. The molecule has 17 heavy (non-hydrogen) atoms. The van der Waals surface area contributed by atoms with Crippen molar-refractivity contribution in [2.45, 2.75) is 47.1 Å². The summed E-state index contributed by atoms with van der Waals surface area (Å²) in [6.45, 7) is 16.5. The zero-order valence-corrected chi connectivity index (χ0v) is 13.0. The number of likely N-dealkylation sites (tertiary alicyclic amines) is 1. The highest BCUT2D eigenvalue weighted by molar-refractivity contribution is 5.85. The van der Waals surface area contributed by atoms with E-state index in [2.05, 4.69) is 44.8 Å². The molecule has 0 aliphatic carbocycles. The highest BCUT2D eigenvalue weighted by atomic mass is 35.5. The number of nitrogens with zero attached hydrogens (tertiary/aromatic N) is 1. The molecule has 1 fully saturated rings. The molecular weight excluding hydrogens is 232 g/mol. The van der Waals surface area contributed by atoms with Crippen LogP contribution in [-0.4, -0.2) is 37.1 Å². The first-order valence-electron chi connectivity index (χ1n) is 6.93. The largest absolute Gasteiger partial charge is 0.313 e. The van der Waals surface area contributed by atoms with Crippen LogP contribution in [0, 0.1) is 17.8 Å². The van der Waals surface area contributed by atoms with E-state index in [1.807, 2.05) is 0 Å². The Morgan fingerprint density at radius 1 is 1.12 bits per heavy atom. The molecule has 1 aliphatic rings. The first-order valence-corrected chi connectivity index (χ1v) is 6.93. The molecule has 0 aromatic carbocycles. The average Bonchev–Trinajstić information content (AvgIpc) is 2.12. The Morgan fingerprint density at radius 2 is 1.65 bits per heavy atom. The third-order valence-corrected chi connectivity index (χ3v) is 3.35. The minimum absolute atomic E-state index is 0. The summed E-state index contributed by atoms with van der Waals surface area (Å²) in [5.41, 5.74) is 0. The second kappa shape index (κ2) is 8.34. The van der Waals surface area contributed by atoms with Crippen LogP contribution in [0.2, 0.25) is 0 Å². The molecule has 2 nitrogen and oxygen atoms in total. The van der Waals surface area contributed by atoms with E-state index < -0.39 is 0 Å². The molecule has 1 aliphatic heterocycles. The van der Waals surface area contributed by atoms with Crippen molar-refractivity contribution in [3.8, 4) is 0 Å². The van der Waals surface area contributed by atoms with Crippen molar-refractivity contribution in [2.75, 3.05) is 26.2 Å². The SMILES string of the molecule is CC(C)CNC(C)CN1CC(C)CC(C)C1.Cl. The molecule has 0 aromatic heterocycles. The van der Waals surface area contributed by atoms with Crippen molar-refractivity contribution in [2.24, 2.45) is 17.8 Å². The Bertz CT molecular complexity index is 187. The molecule has 104 valence electrons. The van der Waals surface area contributed by atoms with Gasteiger partial charge in [0.2, 0.25) is 0 Å². The van der Waals surface area contributed by atoms with Crippen LogP contribution in [0.3, 0.4) is 0 Å². The topological polar surface area (TPSA) is 15.3 Å². The molecule has 3 atom stereocenters. The average molecular weight is 263 g/mol. The summed E-state index contributed by atoms with van der Waals surface area (Å²) in [5.74, 6) is 2.50. The molecule has 3 heteroatoms. The molecule has 1 heterocycles. The number of rotatable bonds is 5. The van der Waals surface area contributed by atoms with Crippen molar-refractivity contribution in [3.63, 3.8) is 0 Å². The molecule has 1 rings (SSSR count). The lowest BCUT2D eigenvalue weighted by Crippen LogP contribution is -2.46. The van der Waals surface area contributed by atoms with Gasteiger partial charge in [-0.15, -0.1) is 12.4 Å². The molecule has 0 radical (unpaired) electrons. The van der Waals surface area contributed by atoms with Gasteiger partial charge in [0.15, 0.2) is 0 Å². The summed E-state index contributed by atoms with van der Waals surface area (Å²) in [5, 5.41) is 3.62. The molecular formula is C14H31ClN2. The fourth-order valence-corrected chi connectivity index (χ4v) is 2.83. The molecule has 0 aromatic rings. The predicted octanol–water partition coefficient (Wildman–Crippen LogP) is 3.02. The zero-order valence-electron chi connectivity index (χ0n) is 12.2. The Morgan fingerprint density at radius 3 is 2.12 bits per heavy atom. The number of nitrogens with one attached hydrogen (secondary N) is 1. The molecule has 1 N–H and O–H groups in total. The number of piperidine rings is 1. The molecule has 1 saturated heterocycles. The van der Waals surface area contributed by atoms with Gasteiger partial charge >= 0.3 is 0 Å². The van der Waals surface area contributed by atoms with Crippen molar-refractivity contribution in [3.05, 3.63) is 0 Å². The lowest BCUT2D eigenvalue weighted by Gasteiger charge is -2.36. The monoisotopic (exact) mass is 262 g/mol. The number of halogens is 1. The molecule has 0 spiro atoms. The maximum atomic E-state index is 3.62. The smallest absolute Gasteiger partial charge is 0.0166 e. The van der Waals surface area contributed by atoms with Crippen LogP contribution in [0.15, 0.2) is 0 Å². The first-order chi connectivity index (χ1) is 7.47. The highest BCUT2D eigenvalue weighted by Gasteiger charge is 2.22. The third kappa shape index (κ3) is 7.28. The Kier molecular flexibility index (Phi) is 8.44. The van der Waals surface area contributed by atoms with Crippen molar-refractivity contribution in [1.29, 1.82) is 0 Å². The summed E-state index contributed by atoms with van der Waals surface area (Å²) < 4.78 is 0. The van der Waals surface area contributed by atoms with E-state index in [0.29, 0.717) is 6.04 Å². The van der Waals surface area contributed by atoms with Gasteiger partial charge < -0.3 is 10.2 Å². The van der Waals surface area contributed by atoms with E-state index in [9.17, 15) is 0 Å². The quantitative estimate of drug-likeness (QED) is 0.820. The van der Waals surface area contributed by atoms with Crippen LogP contribution in [0.25, 0.3) is 0 Å². The van der Waals surface area contributed by atoms with Gasteiger partial charge in [0, 0.05) is 25.7 Å². The molecule has 0 saturated carbocycles. The first kappa shape index (κ1) is 17.2. The minimum atomic E-state index is 0. The predicted molar refractivity (Wildman–Crippen MR) is 78.9 cm³/mol. The summed E-state index contributed by atoms with van der Waals surface area (Å²) in [6.07, 6.45) is 1.41. The Balaban J connectivity index is 0.00000256. The molecule has 0 bridgehead atoms. The maximum Gasteiger partial charge on any atom is 0.0166 e. The van der Waals surface area contributed by atoms with Gasteiger partial charge in [-0.25, -0.2) is 0 Å². The zero-order chi connectivity index (χ0) is 12.1. The van der Waals surface area contributed by atoms with E-state index in [1.165, 1.54) is 26.1 Å². The molecule has 0 amide bonds. The van der Waals surface area contributed by atoms with Gasteiger partial charge in [-0.1, -0.05) is 27.7 Å². The van der Waals surface area contributed by atoms with Gasteiger partial charge in [-0.05, 0) is 37.6 Å². The van der Waals surface area contributed by atoms with Crippen LogP contribution in [0.5, 0.6) is 0 Å². The fraction of sp³-hybridized carbons (Fsp3) is 1.00. The number of hydrogen-bond donors (Lipinski definition) is 1. The second-order valence-corrected chi connectivity index (χ2v) is 6.37. The van der Waals surface area contributed by atoms with Gasteiger partial charge in [-0.2, -0.15) is 0 Å². The summed E-state index contributed by atoms with van der Waals surface area (Å²) in [4.78, 5) is 2.64. The Hall–Kier alpha value is 0.210. The van der Waals surface area contributed by atoms with E-state index in [1.54, 1.807) is 0 Å². The van der Waals surface area contributed by atoms with Crippen LogP contribution in [0.1, 0.15) is 41.0 Å². The van der Waals surface area contributed by atoms with E-state index in [-0.39, 0.29) is 12.4 Å². The summed E-state index contributed by atoms with van der Waals surface area (Å²) >= 11 is 0. The highest BCUT2D eigenvalue weighted by Crippen LogP contribution is 2.20. The van der Waals surface area contributed by atoms with Crippen molar-refractivity contribution < 1.29 is 0 Å². The van der Waals surface area contributed by atoms with E-state index in [4.69, 9.17) is 0 Å². The number of hydrogen-bond acceptors (Lipinski definition) is 2. The maximum absolute atomic E-state index is 3.62. The second-order valence-electron chi connectivity index (χ2n) is 6.37. The Labute approximate surface area is 114 Å². The van der Waals surface area contributed by atoms with Crippen molar-refractivity contribution in [1.82, 2.24) is 10.2 Å². The normalized spacial score (nSPS) is 27.9. The van der Waals surface area contributed by atoms with Gasteiger partial charge in [-0.3, -0.25) is 0 Å². The van der Waals surface area contributed by atoms with Crippen LogP contribution >= 0.6 is 12.4 Å². The van der Waals surface area contributed by atoms with Gasteiger partial charge in [0.25, 0.3) is 0 Å². The lowest BCUT2D eigenvalue weighted by atomic mass is 9.92. The fourth-order valence-electron chi connectivity index (χ4n) is 2.83. The van der Waals surface area contributed by atoms with Gasteiger partial charge in [0.05, 0.1) is 0 Å². The lowest BCUT2D eigenvalue weighted by molar-refractivity contribution is 0.130. The van der Waals surface area contributed by atoms with Crippen molar-refractivity contribution >= 4 is 12.4 Å². The minimum Gasteiger partial charge on any atom is -0.313 e. The van der Waals surface area contributed by atoms with Gasteiger partial charge in [0.1, 0.15) is 0 Å².